The molecule has 68 valence electrons. The van der Waals surface area contributed by atoms with E-state index in [1.54, 1.807) is 23.8 Å². The van der Waals surface area contributed by atoms with Crippen molar-refractivity contribution in [1.29, 1.82) is 0 Å². The first-order valence-corrected chi connectivity index (χ1v) is 4.23. The summed E-state index contributed by atoms with van der Waals surface area (Å²) < 4.78 is 1.62. The highest BCUT2D eigenvalue weighted by atomic mass is 35.5. The summed E-state index contributed by atoms with van der Waals surface area (Å²) in [6.07, 6.45) is 2.51. The van der Waals surface area contributed by atoms with Crippen LogP contribution in [-0.2, 0) is 0 Å². The number of aromatic nitrogens is 3. The van der Waals surface area contributed by atoms with E-state index in [9.17, 15) is 5.11 Å². The third kappa shape index (κ3) is 1.28. The molecule has 0 aliphatic carbocycles. The fourth-order valence-electron chi connectivity index (χ4n) is 1.27. The van der Waals surface area contributed by atoms with Crippen LogP contribution in [0, 0.1) is 0 Å². The third-order valence-electron chi connectivity index (χ3n) is 1.86. The van der Waals surface area contributed by atoms with Crippen LogP contribution in [0.5, 0.6) is 0 Å². The Hall–Kier alpha value is -1.13. The zero-order valence-corrected chi connectivity index (χ0v) is 7.73. The van der Waals surface area contributed by atoms with Gasteiger partial charge >= 0.3 is 0 Å². The molecule has 0 saturated heterocycles. The van der Waals surface area contributed by atoms with Gasteiger partial charge in [0.2, 0.25) is 0 Å². The molecule has 0 aliphatic heterocycles. The average Bonchev–Trinajstić information content (AvgIpc) is 2.49. The van der Waals surface area contributed by atoms with Crippen molar-refractivity contribution >= 4 is 22.6 Å². The molecule has 0 aromatic carbocycles. The van der Waals surface area contributed by atoms with E-state index in [1.807, 2.05) is 0 Å². The predicted octanol–water partition coefficient (Wildman–Crippen LogP) is 1.60. The molecule has 2 rings (SSSR count). The van der Waals surface area contributed by atoms with Crippen LogP contribution in [0.4, 0.5) is 0 Å². The minimum absolute atomic E-state index is 0.357. The number of hydrogen-bond acceptors (Lipinski definition) is 3. The SMILES string of the molecule is CC(O)n1ccc2ncnc(Cl)c21. The number of aliphatic hydroxyl groups excluding tert-OH is 1. The summed E-state index contributed by atoms with van der Waals surface area (Å²) in [5.74, 6) is 0. The topological polar surface area (TPSA) is 50.9 Å². The molecule has 0 bridgehead atoms. The Morgan fingerprint density at radius 1 is 1.54 bits per heavy atom. The van der Waals surface area contributed by atoms with Crippen molar-refractivity contribution in [2.45, 2.75) is 13.2 Å². The van der Waals surface area contributed by atoms with Gasteiger partial charge in [-0.25, -0.2) is 9.97 Å². The van der Waals surface area contributed by atoms with E-state index in [2.05, 4.69) is 9.97 Å². The first kappa shape index (κ1) is 8.47. The number of rotatable bonds is 1. The van der Waals surface area contributed by atoms with Crippen LogP contribution < -0.4 is 0 Å². The summed E-state index contributed by atoms with van der Waals surface area (Å²) in [6.45, 7) is 1.66. The Balaban J connectivity index is 2.79. The Morgan fingerprint density at radius 3 is 3.00 bits per heavy atom. The molecule has 1 N–H and O–H groups in total. The van der Waals surface area contributed by atoms with Crippen LogP contribution in [0.2, 0.25) is 5.15 Å². The van der Waals surface area contributed by atoms with Crippen molar-refractivity contribution < 1.29 is 5.11 Å². The smallest absolute Gasteiger partial charge is 0.156 e. The Morgan fingerprint density at radius 2 is 2.31 bits per heavy atom. The summed E-state index contributed by atoms with van der Waals surface area (Å²) in [6, 6.07) is 1.79. The second-order valence-electron chi connectivity index (χ2n) is 2.75. The minimum atomic E-state index is -0.624. The van der Waals surface area contributed by atoms with Gasteiger partial charge in [-0.05, 0) is 13.0 Å². The molecule has 0 amide bonds. The van der Waals surface area contributed by atoms with E-state index in [-0.39, 0.29) is 0 Å². The van der Waals surface area contributed by atoms with Crippen molar-refractivity contribution in [3.63, 3.8) is 0 Å². The molecule has 2 aromatic rings. The fourth-order valence-corrected chi connectivity index (χ4v) is 1.51. The molecule has 2 heterocycles. The van der Waals surface area contributed by atoms with Gasteiger partial charge in [0, 0.05) is 6.20 Å². The van der Waals surface area contributed by atoms with Crippen molar-refractivity contribution in [1.82, 2.24) is 14.5 Å². The highest BCUT2D eigenvalue weighted by molar-refractivity contribution is 6.33. The molecule has 0 radical (unpaired) electrons. The molecular weight excluding hydrogens is 190 g/mol. The highest BCUT2D eigenvalue weighted by Crippen LogP contribution is 2.22. The molecule has 5 heteroatoms. The van der Waals surface area contributed by atoms with Gasteiger partial charge in [-0.2, -0.15) is 0 Å². The lowest BCUT2D eigenvalue weighted by atomic mass is 10.4. The van der Waals surface area contributed by atoms with E-state index < -0.39 is 6.23 Å². The summed E-state index contributed by atoms with van der Waals surface area (Å²) in [5.41, 5.74) is 1.40. The molecule has 4 nitrogen and oxygen atoms in total. The van der Waals surface area contributed by atoms with Crippen molar-refractivity contribution in [2.75, 3.05) is 0 Å². The van der Waals surface area contributed by atoms with Crippen LogP contribution in [-0.4, -0.2) is 19.6 Å². The lowest BCUT2D eigenvalue weighted by Crippen LogP contribution is -2.02. The van der Waals surface area contributed by atoms with Crippen molar-refractivity contribution in [3.05, 3.63) is 23.7 Å². The monoisotopic (exact) mass is 197 g/mol. The van der Waals surface area contributed by atoms with Crippen molar-refractivity contribution in [2.24, 2.45) is 0 Å². The second-order valence-corrected chi connectivity index (χ2v) is 3.11. The molecule has 1 atom stereocenters. The molecule has 2 aromatic heterocycles. The van der Waals surface area contributed by atoms with Gasteiger partial charge in [0.15, 0.2) is 5.15 Å². The molecule has 0 fully saturated rings. The van der Waals surface area contributed by atoms with Crippen LogP contribution in [0.15, 0.2) is 18.6 Å². The van der Waals surface area contributed by atoms with E-state index in [0.29, 0.717) is 10.7 Å². The maximum Gasteiger partial charge on any atom is 0.156 e. The Bertz CT molecular complexity index is 438. The average molecular weight is 198 g/mol. The maximum atomic E-state index is 9.38. The molecule has 0 aliphatic rings. The van der Waals surface area contributed by atoms with Gasteiger partial charge in [-0.3, -0.25) is 0 Å². The number of nitrogens with zero attached hydrogens (tertiary/aromatic N) is 3. The van der Waals surface area contributed by atoms with Gasteiger partial charge in [-0.1, -0.05) is 11.6 Å². The van der Waals surface area contributed by atoms with E-state index in [4.69, 9.17) is 11.6 Å². The van der Waals surface area contributed by atoms with Crippen LogP contribution in [0.1, 0.15) is 13.2 Å². The summed E-state index contributed by atoms with van der Waals surface area (Å²) in [5, 5.41) is 9.74. The predicted molar refractivity (Wildman–Crippen MR) is 49.5 cm³/mol. The van der Waals surface area contributed by atoms with E-state index >= 15 is 0 Å². The van der Waals surface area contributed by atoms with Gasteiger partial charge in [0.05, 0.1) is 5.52 Å². The highest BCUT2D eigenvalue weighted by Gasteiger charge is 2.09. The number of halogens is 1. The standard InChI is InChI=1S/C8H8ClN3O/c1-5(13)12-3-2-6-7(12)8(9)11-4-10-6/h2-5,13H,1H3. The maximum absolute atomic E-state index is 9.38. The van der Waals surface area contributed by atoms with Gasteiger partial charge in [0.1, 0.15) is 18.1 Å². The van der Waals surface area contributed by atoms with Gasteiger partial charge in [0.25, 0.3) is 0 Å². The largest absolute Gasteiger partial charge is 0.374 e. The van der Waals surface area contributed by atoms with Gasteiger partial charge < -0.3 is 9.67 Å². The van der Waals surface area contributed by atoms with Crippen molar-refractivity contribution in [3.8, 4) is 0 Å². The van der Waals surface area contributed by atoms with Crippen LogP contribution in [0.25, 0.3) is 11.0 Å². The van der Waals surface area contributed by atoms with Crippen LogP contribution >= 0.6 is 11.6 Å². The summed E-state index contributed by atoms with van der Waals surface area (Å²) >= 11 is 5.86. The molecule has 1 unspecified atom stereocenters. The third-order valence-corrected chi connectivity index (χ3v) is 2.14. The minimum Gasteiger partial charge on any atom is -0.374 e. The number of hydrogen-bond donors (Lipinski definition) is 1. The zero-order chi connectivity index (χ0) is 9.42. The van der Waals surface area contributed by atoms with E-state index in [0.717, 1.165) is 5.52 Å². The molecule has 0 spiro atoms. The lowest BCUT2D eigenvalue weighted by Gasteiger charge is -2.07. The zero-order valence-electron chi connectivity index (χ0n) is 6.98. The first-order chi connectivity index (χ1) is 6.20. The lowest BCUT2D eigenvalue weighted by molar-refractivity contribution is 0.129. The fraction of sp³-hybridized carbons (Fsp3) is 0.250. The number of fused-ring (bicyclic) bond motifs is 1. The summed E-state index contributed by atoms with van der Waals surface area (Å²) in [7, 11) is 0. The van der Waals surface area contributed by atoms with E-state index in [1.165, 1.54) is 6.33 Å². The van der Waals surface area contributed by atoms with Crippen LogP contribution in [0.3, 0.4) is 0 Å². The first-order valence-electron chi connectivity index (χ1n) is 3.85. The molecular formula is C8H8ClN3O. The Kier molecular flexibility index (Phi) is 1.94. The summed E-state index contributed by atoms with van der Waals surface area (Å²) in [4.78, 5) is 7.86. The molecule has 13 heavy (non-hydrogen) atoms. The Labute approximate surface area is 79.8 Å². The number of aliphatic hydroxyl groups is 1. The molecule has 0 saturated carbocycles. The normalized spacial score (nSPS) is 13.5. The second kappa shape index (κ2) is 2.97. The quantitative estimate of drug-likeness (QED) is 0.707. The van der Waals surface area contributed by atoms with Gasteiger partial charge in [-0.15, -0.1) is 0 Å².